The van der Waals surface area contributed by atoms with Crippen molar-refractivity contribution in [1.82, 2.24) is 20.4 Å². The van der Waals surface area contributed by atoms with E-state index in [0.717, 1.165) is 38.2 Å². The van der Waals surface area contributed by atoms with E-state index in [1.165, 1.54) is 6.07 Å². The minimum Gasteiger partial charge on any atom is -0.338 e. The molecule has 0 spiro atoms. The lowest BCUT2D eigenvalue weighted by molar-refractivity contribution is 0.239. The molecule has 6 heteroatoms. The number of hydrogen-bond donors (Lipinski definition) is 1. The number of nitrogens with one attached hydrogen (secondary N) is 1. The van der Waals surface area contributed by atoms with E-state index in [9.17, 15) is 4.39 Å². The van der Waals surface area contributed by atoms with E-state index >= 15 is 0 Å². The SMILES string of the molecule is Cc1cc(-c2noc(CN3CCCNCC3)n2)ccc1F. The van der Waals surface area contributed by atoms with Crippen LogP contribution in [0, 0.1) is 12.7 Å². The third-order valence-corrected chi connectivity index (χ3v) is 3.68. The van der Waals surface area contributed by atoms with Gasteiger partial charge in [-0.3, -0.25) is 4.90 Å². The summed E-state index contributed by atoms with van der Waals surface area (Å²) < 4.78 is 18.6. The van der Waals surface area contributed by atoms with Crippen LogP contribution in [-0.2, 0) is 6.54 Å². The highest BCUT2D eigenvalue weighted by molar-refractivity contribution is 5.55. The standard InChI is InChI=1S/C15H19FN4O/c1-11-9-12(3-4-13(11)16)15-18-14(21-19-15)10-20-7-2-5-17-6-8-20/h3-4,9,17H,2,5-8,10H2,1H3. The van der Waals surface area contributed by atoms with Gasteiger partial charge in [0.25, 0.3) is 0 Å². The van der Waals surface area contributed by atoms with Crippen molar-refractivity contribution in [3.8, 4) is 11.4 Å². The topological polar surface area (TPSA) is 54.2 Å². The average molecular weight is 290 g/mol. The third kappa shape index (κ3) is 3.46. The molecule has 2 aromatic rings. The van der Waals surface area contributed by atoms with Crippen LogP contribution in [0.25, 0.3) is 11.4 Å². The zero-order valence-corrected chi connectivity index (χ0v) is 12.1. The first kappa shape index (κ1) is 14.2. The lowest BCUT2D eigenvalue weighted by atomic mass is 10.1. The minimum atomic E-state index is -0.223. The second-order valence-electron chi connectivity index (χ2n) is 5.36. The maximum Gasteiger partial charge on any atom is 0.241 e. The van der Waals surface area contributed by atoms with Crippen molar-refractivity contribution in [2.45, 2.75) is 19.9 Å². The van der Waals surface area contributed by atoms with Gasteiger partial charge in [-0.2, -0.15) is 4.98 Å². The highest BCUT2D eigenvalue weighted by atomic mass is 19.1. The summed E-state index contributed by atoms with van der Waals surface area (Å²) in [5.74, 6) is 0.898. The van der Waals surface area contributed by atoms with Crippen molar-refractivity contribution in [3.05, 3.63) is 35.5 Å². The van der Waals surface area contributed by atoms with Crippen LogP contribution in [0.2, 0.25) is 0 Å². The first-order valence-electron chi connectivity index (χ1n) is 7.24. The van der Waals surface area contributed by atoms with Gasteiger partial charge < -0.3 is 9.84 Å². The van der Waals surface area contributed by atoms with Crippen LogP contribution in [0.5, 0.6) is 0 Å². The molecule has 1 N–H and O–H groups in total. The Balaban J connectivity index is 1.71. The molecule has 1 fully saturated rings. The number of nitrogens with zero attached hydrogens (tertiary/aromatic N) is 3. The maximum absolute atomic E-state index is 13.3. The molecule has 0 amide bonds. The average Bonchev–Trinajstić information content (AvgIpc) is 2.78. The Morgan fingerprint density at radius 2 is 2.24 bits per heavy atom. The van der Waals surface area contributed by atoms with Crippen LogP contribution in [0.4, 0.5) is 4.39 Å². The molecule has 0 unspecified atom stereocenters. The Kier molecular flexibility index (Phi) is 4.26. The zero-order valence-electron chi connectivity index (χ0n) is 12.1. The molecule has 21 heavy (non-hydrogen) atoms. The first-order valence-corrected chi connectivity index (χ1v) is 7.24. The Morgan fingerprint density at radius 3 is 3.10 bits per heavy atom. The molecule has 0 atom stereocenters. The lowest BCUT2D eigenvalue weighted by Crippen LogP contribution is -2.27. The van der Waals surface area contributed by atoms with E-state index in [1.54, 1.807) is 19.1 Å². The monoisotopic (exact) mass is 290 g/mol. The van der Waals surface area contributed by atoms with Gasteiger partial charge in [0.15, 0.2) is 0 Å². The van der Waals surface area contributed by atoms with Gasteiger partial charge in [0, 0.05) is 18.7 Å². The molecular weight excluding hydrogens is 271 g/mol. The molecule has 1 aromatic carbocycles. The summed E-state index contributed by atoms with van der Waals surface area (Å²) in [6, 6.07) is 4.84. The fraction of sp³-hybridized carbons (Fsp3) is 0.467. The van der Waals surface area contributed by atoms with E-state index in [0.29, 0.717) is 23.8 Å². The predicted octanol–water partition coefficient (Wildman–Crippen LogP) is 1.98. The summed E-state index contributed by atoms with van der Waals surface area (Å²) >= 11 is 0. The molecular formula is C15H19FN4O. The number of benzene rings is 1. The second kappa shape index (κ2) is 6.32. The predicted molar refractivity (Wildman–Crippen MR) is 77.2 cm³/mol. The summed E-state index contributed by atoms with van der Waals surface area (Å²) in [6.45, 7) is 6.44. The molecule has 0 radical (unpaired) electrons. The number of aromatic nitrogens is 2. The molecule has 5 nitrogen and oxygen atoms in total. The Morgan fingerprint density at radius 1 is 1.33 bits per heavy atom. The van der Waals surface area contributed by atoms with Crippen molar-refractivity contribution >= 4 is 0 Å². The van der Waals surface area contributed by atoms with Gasteiger partial charge in [0.1, 0.15) is 5.82 Å². The summed E-state index contributed by atoms with van der Waals surface area (Å²) in [4.78, 5) is 6.71. The largest absolute Gasteiger partial charge is 0.338 e. The summed E-state index contributed by atoms with van der Waals surface area (Å²) in [6.07, 6.45) is 1.12. The summed E-state index contributed by atoms with van der Waals surface area (Å²) in [5, 5.41) is 7.36. The van der Waals surface area contributed by atoms with Gasteiger partial charge in [-0.05, 0) is 50.2 Å². The van der Waals surface area contributed by atoms with Crippen molar-refractivity contribution in [1.29, 1.82) is 0 Å². The van der Waals surface area contributed by atoms with Gasteiger partial charge in [-0.1, -0.05) is 5.16 Å². The molecule has 1 aliphatic heterocycles. The highest BCUT2D eigenvalue weighted by Gasteiger charge is 2.14. The zero-order chi connectivity index (χ0) is 14.7. The van der Waals surface area contributed by atoms with Gasteiger partial charge >= 0.3 is 0 Å². The van der Waals surface area contributed by atoms with E-state index in [-0.39, 0.29) is 5.82 Å². The quantitative estimate of drug-likeness (QED) is 0.936. The Labute approximate surface area is 123 Å². The number of halogens is 1. The van der Waals surface area contributed by atoms with E-state index in [2.05, 4.69) is 20.4 Å². The molecule has 0 bridgehead atoms. The van der Waals surface area contributed by atoms with Gasteiger partial charge in [0.2, 0.25) is 11.7 Å². The lowest BCUT2D eigenvalue weighted by Gasteiger charge is -2.16. The van der Waals surface area contributed by atoms with Gasteiger partial charge in [-0.15, -0.1) is 0 Å². The summed E-state index contributed by atoms with van der Waals surface area (Å²) in [7, 11) is 0. The molecule has 2 heterocycles. The van der Waals surface area contributed by atoms with Crippen molar-refractivity contribution in [3.63, 3.8) is 0 Å². The Hall–Kier alpha value is -1.79. The molecule has 1 aliphatic rings. The molecule has 0 aliphatic carbocycles. The number of hydrogen-bond acceptors (Lipinski definition) is 5. The van der Waals surface area contributed by atoms with Crippen LogP contribution >= 0.6 is 0 Å². The molecule has 112 valence electrons. The van der Waals surface area contributed by atoms with Crippen LogP contribution in [0.3, 0.4) is 0 Å². The maximum atomic E-state index is 13.3. The van der Waals surface area contributed by atoms with Gasteiger partial charge in [0.05, 0.1) is 6.54 Å². The van der Waals surface area contributed by atoms with Crippen LogP contribution in [0.15, 0.2) is 22.7 Å². The molecule has 3 rings (SSSR count). The van der Waals surface area contributed by atoms with Crippen LogP contribution < -0.4 is 5.32 Å². The first-order chi connectivity index (χ1) is 10.2. The fourth-order valence-corrected chi connectivity index (χ4v) is 2.47. The molecule has 0 saturated carbocycles. The van der Waals surface area contributed by atoms with Crippen molar-refractivity contribution in [2.24, 2.45) is 0 Å². The number of rotatable bonds is 3. The van der Waals surface area contributed by atoms with Crippen molar-refractivity contribution in [2.75, 3.05) is 26.2 Å². The normalized spacial score (nSPS) is 16.9. The Bertz CT molecular complexity index is 605. The van der Waals surface area contributed by atoms with E-state index in [4.69, 9.17) is 4.52 Å². The molecule has 1 saturated heterocycles. The third-order valence-electron chi connectivity index (χ3n) is 3.68. The smallest absolute Gasteiger partial charge is 0.241 e. The van der Waals surface area contributed by atoms with Crippen molar-refractivity contribution < 1.29 is 8.91 Å². The van der Waals surface area contributed by atoms with E-state index in [1.807, 2.05) is 0 Å². The molecule has 1 aromatic heterocycles. The van der Waals surface area contributed by atoms with Crippen LogP contribution in [0.1, 0.15) is 17.9 Å². The summed E-state index contributed by atoms with van der Waals surface area (Å²) in [5.41, 5.74) is 1.36. The van der Waals surface area contributed by atoms with Crippen LogP contribution in [-0.4, -0.2) is 41.2 Å². The second-order valence-corrected chi connectivity index (χ2v) is 5.36. The highest BCUT2D eigenvalue weighted by Crippen LogP contribution is 2.19. The van der Waals surface area contributed by atoms with E-state index < -0.39 is 0 Å². The number of aryl methyl sites for hydroxylation is 1. The fourth-order valence-electron chi connectivity index (χ4n) is 2.47. The minimum absolute atomic E-state index is 0.223. The van der Waals surface area contributed by atoms with Gasteiger partial charge in [-0.25, -0.2) is 4.39 Å².